The summed E-state index contributed by atoms with van der Waals surface area (Å²) in [4.78, 5) is 13.1. The van der Waals surface area contributed by atoms with Crippen molar-refractivity contribution in [3.63, 3.8) is 0 Å². The number of piperidine rings is 1. The molecule has 1 atom stereocenters. The van der Waals surface area contributed by atoms with Gasteiger partial charge in [0.05, 0.1) is 0 Å². The van der Waals surface area contributed by atoms with Crippen molar-refractivity contribution in [1.29, 1.82) is 0 Å². The quantitative estimate of drug-likeness (QED) is 0.540. The van der Waals surface area contributed by atoms with Gasteiger partial charge in [0.2, 0.25) is 5.91 Å². The molecule has 1 amide bonds. The van der Waals surface area contributed by atoms with Gasteiger partial charge >= 0.3 is 0 Å². The van der Waals surface area contributed by atoms with Crippen molar-refractivity contribution in [2.24, 2.45) is 0 Å². The molecule has 10 heavy (non-hydrogen) atoms. The van der Waals surface area contributed by atoms with Crippen LogP contribution >= 0.6 is 0 Å². The van der Waals surface area contributed by atoms with E-state index >= 15 is 0 Å². The number of hydrogen-bond acceptors (Lipinski definition) is 1. The predicted octanol–water partition coefficient (Wildman–Crippen LogP) is 1.41. The van der Waals surface area contributed by atoms with Gasteiger partial charge in [-0.05, 0) is 26.7 Å². The lowest BCUT2D eigenvalue weighted by Crippen LogP contribution is -2.41. The largest absolute Gasteiger partial charge is 0.340 e. The number of carbonyl (C=O) groups excluding carboxylic acids is 1. The second-order valence-corrected chi connectivity index (χ2v) is 2.92. The third kappa shape index (κ3) is 1.31. The zero-order valence-electron chi connectivity index (χ0n) is 6.76. The molecule has 1 saturated heterocycles. The van der Waals surface area contributed by atoms with Crippen LogP contribution in [0.3, 0.4) is 0 Å². The van der Waals surface area contributed by atoms with Crippen molar-refractivity contribution in [3.05, 3.63) is 0 Å². The highest BCUT2D eigenvalue weighted by molar-refractivity contribution is 5.77. The third-order valence-corrected chi connectivity index (χ3v) is 2.21. The summed E-state index contributed by atoms with van der Waals surface area (Å²) in [6.45, 7) is 5.04. The minimum Gasteiger partial charge on any atom is -0.340 e. The highest BCUT2D eigenvalue weighted by Gasteiger charge is 2.22. The van der Waals surface area contributed by atoms with Crippen molar-refractivity contribution in [1.82, 2.24) is 4.90 Å². The molecule has 0 spiro atoms. The molecule has 0 aromatic rings. The molecule has 1 rings (SSSR count). The zero-order valence-corrected chi connectivity index (χ0v) is 6.76. The maximum absolute atomic E-state index is 11.2. The Labute approximate surface area is 62.2 Å². The van der Waals surface area contributed by atoms with Crippen LogP contribution in [0.4, 0.5) is 0 Å². The fourth-order valence-electron chi connectivity index (χ4n) is 1.58. The standard InChI is InChI=1S/C8H15NO/c1-3-9-7(2)5-4-6-8(9)10/h7H,3-6H2,1-2H3. The molecule has 0 N–H and O–H groups in total. The number of hydrogen-bond donors (Lipinski definition) is 0. The van der Waals surface area contributed by atoms with Crippen LogP contribution in [0.15, 0.2) is 0 Å². The molecular weight excluding hydrogens is 126 g/mol. The van der Waals surface area contributed by atoms with Gasteiger partial charge in [-0.2, -0.15) is 0 Å². The van der Waals surface area contributed by atoms with Crippen molar-refractivity contribution in [2.75, 3.05) is 6.54 Å². The molecule has 2 nitrogen and oxygen atoms in total. The summed E-state index contributed by atoms with van der Waals surface area (Å²) >= 11 is 0. The molecule has 0 aromatic carbocycles. The summed E-state index contributed by atoms with van der Waals surface area (Å²) in [5, 5.41) is 0. The summed E-state index contributed by atoms with van der Waals surface area (Å²) in [6, 6.07) is 0.478. The Morgan fingerprint density at radius 1 is 1.70 bits per heavy atom. The van der Waals surface area contributed by atoms with Crippen LogP contribution in [-0.2, 0) is 4.79 Å². The van der Waals surface area contributed by atoms with Crippen LogP contribution in [0.25, 0.3) is 0 Å². The monoisotopic (exact) mass is 141 g/mol. The van der Waals surface area contributed by atoms with Crippen LogP contribution < -0.4 is 0 Å². The minimum absolute atomic E-state index is 0.334. The number of amides is 1. The van der Waals surface area contributed by atoms with E-state index < -0.39 is 0 Å². The first-order chi connectivity index (χ1) is 4.75. The van der Waals surface area contributed by atoms with Gasteiger partial charge in [0.25, 0.3) is 0 Å². The number of likely N-dealkylation sites (tertiary alicyclic amines) is 1. The van der Waals surface area contributed by atoms with Gasteiger partial charge in [-0.1, -0.05) is 0 Å². The zero-order chi connectivity index (χ0) is 7.56. The SMILES string of the molecule is CCN1C(=O)CCCC1C. The smallest absolute Gasteiger partial charge is 0.222 e. The fourth-order valence-corrected chi connectivity index (χ4v) is 1.58. The van der Waals surface area contributed by atoms with Gasteiger partial charge in [-0.3, -0.25) is 4.79 Å². The molecule has 1 aliphatic heterocycles. The lowest BCUT2D eigenvalue weighted by molar-refractivity contribution is -0.135. The normalized spacial score (nSPS) is 27.2. The highest BCUT2D eigenvalue weighted by atomic mass is 16.2. The second kappa shape index (κ2) is 3.04. The molecule has 0 aliphatic carbocycles. The lowest BCUT2D eigenvalue weighted by Gasteiger charge is -2.32. The van der Waals surface area contributed by atoms with E-state index in [9.17, 15) is 4.79 Å². The topological polar surface area (TPSA) is 20.3 Å². The molecule has 58 valence electrons. The van der Waals surface area contributed by atoms with Crippen LogP contribution in [0.1, 0.15) is 33.1 Å². The molecule has 1 fully saturated rings. The molecule has 1 heterocycles. The van der Waals surface area contributed by atoms with Gasteiger partial charge in [0, 0.05) is 19.0 Å². The Morgan fingerprint density at radius 3 is 2.80 bits per heavy atom. The molecule has 0 aromatic heterocycles. The molecule has 0 saturated carbocycles. The average molecular weight is 141 g/mol. The van der Waals surface area contributed by atoms with E-state index in [1.807, 2.05) is 11.8 Å². The summed E-state index contributed by atoms with van der Waals surface area (Å²) in [6.07, 6.45) is 3.02. The summed E-state index contributed by atoms with van der Waals surface area (Å²) in [7, 11) is 0. The van der Waals surface area contributed by atoms with E-state index in [0.717, 1.165) is 19.4 Å². The molecule has 1 unspecified atom stereocenters. The Morgan fingerprint density at radius 2 is 2.40 bits per heavy atom. The minimum atomic E-state index is 0.334. The fraction of sp³-hybridized carbons (Fsp3) is 0.875. The molecule has 0 bridgehead atoms. The first-order valence-electron chi connectivity index (χ1n) is 4.05. The van der Waals surface area contributed by atoms with Crippen LogP contribution in [0.2, 0.25) is 0 Å². The first-order valence-corrected chi connectivity index (χ1v) is 4.05. The molecule has 0 radical (unpaired) electrons. The van der Waals surface area contributed by atoms with E-state index in [2.05, 4.69) is 6.92 Å². The van der Waals surface area contributed by atoms with E-state index in [4.69, 9.17) is 0 Å². The molecule has 2 heteroatoms. The first kappa shape index (κ1) is 7.58. The summed E-state index contributed by atoms with van der Waals surface area (Å²) < 4.78 is 0. The average Bonchev–Trinajstić information content (AvgIpc) is 1.88. The molecule has 1 aliphatic rings. The maximum atomic E-state index is 11.2. The Kier molecular flexibility index (Phi) is 2.30. The van der Waals surface area contributed by atoms with Gasteiger partial charge in [-0.25, -0.2) is 0 Å². The summed E-state index contributed by atoms with van der Waals surface area (Å²) in [5.74, 6) is 0.334. The van der Waals surface area contributed by atoms with Gasteiger partial charge < -0.3 is 4.90 Å². The van der Waals surface area contributed by atoms with Crippen molar-refractivity contribution >= 4 is 5.91 Å². The highest BCUT2D eigenvalue weighted by Crippen LogP contribution is 2.16. The Hall–Kier alpha value is -0.530. The van der Waals surface area contributed by atoms with Crippen LogP contribution in [0.5, 0.6) is 0 Å². The second-order valence-electron chi connectivity index (χ2n) is 2.92. The Balaban J connectivity index is 2.53. The number of nitrogens with zero attached hydrogens (tertiary/aromatic N) is 1. The Bertz CT molecular complexity index is 133. The van der Waals surface area contributed by atoms with Crippen molar-refractivity contribution in [3.8, 4) is 0 Å². The van der Waals surface area contributed by atoms with E-state index in [1.54, 1.807) is 0 Å². The van der Waals surface area contributed by atoms with Gasteiger partial charge in [-0.15, -0.1) is 0 Å². The number of carbonyl (C=O) groups is 1. The molecular formula is C8H15NO. The van der Waals surface area contributed by atoms with Gasteiger partial charge in [0.15, 0.2) is 0 Å². The third-order valence-electron chi connectivity index (χ3n) is 2.21. The maximum Gasteiger partial charge on any atom is 0.222 e. The van der Waals surface area contributed by atoms with Crippen molar-refractivity contribution < 1.29 is 4.79 Å². The van der Waals surface area contributed by atoms with Crippen LogP contribution in [0, 0.1) is 0 Å². The van der Waals surface area contributed by atoms with E-state index in [0.29, 0.717) is 11.9 Å². The van der Waals surface area contributed by atoms with E-state index in [-0.39, 0.29) is 0 Å². The van der Waals surface area contributed by atoms with Crippen LogP contribution in [-0.4, -0.2) is 23.4 Å². The van der Waals surface area contributed by atoms with Gasteiger partial charge in [0.1, 0.15) is 0 Å². The predicted molar refractivity (Wildman–Crippen MR) is 40.7 cm³/mol. The number of rotatable bonds is 1. The van der Waals surface area contributed by atoms with E-state index in [1.165, 1.54) is 6.42 Å². The van der Waals surface area contributed by atoms with Crippen molar-refractivity contribution in [2.45, 2.75) is 39.2 Å². The summed E-state index contributed by atoms with van der Waals surface area (Å²) in [5.41, 5.74) is 0. The lowest BCUT2D eigenvalue weighted by atomic mass is 10.0.